The molecule has 84 valence electrons. The quantitative estimate of drug-likeness (QED) is 0.827. The van der Waals surface area contributed by atoms with E-state index >= 15 is 0 Å². The molecule has 4 heteroatoms. The predicted octanol–water partition coefficient (Wildman–Crippen LogP) is 3.74. The van der Waals surface area contributed by atoms with Gasteiger partial charge in [-0.1, -0.05) is 65.1 Å². The molecule has 1 rings (SSSR count). The van der Waals surface area contributed by atoms with Gasteiger partial charge in [0, 0.05) is 0 Å². The zero-order valence-corrected chi connectivity index (χ0v) is 10.6. The lowest BCUT2D eigenvalue weighted by Crippen LogP contribution is -2.39. The Morgan fingerprint density at radius 3 is 2.13 bits per heavy atom. The molecule has 0 amide bonds. The molecule has 0 saturated carbocycles. The monoisotopic (exact) mass is 266 g/mol. The highest BCUT2D eigenvalue weighted by molar-refractivity contribution is 6.68. The zero-order chi connectivity index (χ0) is 11.5. The van der Waals surface area contributed by atoms with Gasteiger partial charge < -0.3 is 5.11 Å². The molecular weight excluding hydrogens is 254 g/mol. The van der Waals surface area contributed by atoms with Gasteiger partial charge in [-0.15, -0.1) is 0 Å². The van der Waals surface area contributed by atoms with E-state index < -0.39 is 9.39 Å². The average Bonchev–Trinajstić information content (AvgIpc) is 2.15. The van der Waals surface area contributed by atoms with Crippen LogP contribution in [-0.4, -0.2) is 14.5 Å². The molecule has 0 saturated heterocycles. The van der Waals surface area contributed by atoms with Gasteiger partial charge in [0.15, 0.2) is 0 Å². The van der Waals surface area contributed by atoms with Crippen LogP contribution in [0.5, 0.6) is 0 Å². The Kier molecular flexibility index (Phi) is 4.30. The number of aryl methyl sites for hydroxylation is 1. The van der Waals surface area contributed by atoms with Crippen molar-refractivity contribution in [3.05, 3.63) is 35.9 Å². The molecule has 1 atom stereocenters. The highest BCUT2D eigenvalue weighted by Crippen LogP contribution is 2.40. The molecule has 1 aromatic carbocycles. The van der Waals surface area contributed by atoms with E-state index in [1.807, 2.05) is 30.3 Å². The molecule has 0 bridgehead atoms. The Morgan fingerprint density at radius 1 is 1.13 bits per heavy atom. The molecular formula is C11H13Cl3O. The number of hydrogen-bond donors (Lipinski definition) is 1. The second kappa shape index (κ2) is 4.92. The summed E-state index contributed by atoms with van der Waals surface area (Å²) in [4.78, 5) is 0. The molecule has 0 aromatic heterocycles. The minimum atomic E-state index is -1.65. The van der Waals surface area contributed by atoms with Gasteiger partial charge in [-0.25, -0.2) is 0 Å². The number of aliphatic hydroxyl groups is 1. The maximum atomic E-state index is 9.92. The minimum absolute atomic E-state index is 0.410. The van der Waals surface area contributed by atoms with Crippen molar-refractivity contribution in [3.63, 3.8) is 0 Å². The molecule has 1 N–H and O–H groups in total. The Morgan fingerprint density at radius 2 is 1.67 bits per heavy atom. The summed E-state index contributed by atoms with van der Waals surface area (Å²) in [5, 5.41) is 9.92. The highest BCUT2D eigenvalue weighted by Gasteiger charge is 2.42. The lowest BCUT2D eigenvalue weighted by Gasteiger charge is -2.30. The van der Waals surface area contributed by atoms with Crippen LogP contribution >= 0.6 is 34.8 Å². The van der Waals surface area contributed by atoms with E-state index in [4.69, 9.17) is 34.8 Å². The topological polar surface area (TPSA) is 20.2 Å². The van der Waals surface area contributed by atoms with Crippen LogP contribution in [0.4, 0.5) is 0 Å². The van der Waals surface area contributed by atoms with Crippen molar-refractivity contribution in [3.8, 4) is 0 Å². The average molecular weight is 268 g/mol. The van der Waals surface area contributed by atoms with Crippen LogP contribution in [0.25, 0.3) is 0 Å². The maximum Gasteiger partial charge on any atom is 0.218 e. The third kappa shape index (κ3) is 3.84. The van der Waals surface area contributed by atoms with Crippen LogP contribution in [0.3, 0.4) is 0 Å². The highest BCUT2D eigenvalue weighted by atomic mass is 35.6. The van der Waals surface area contributed by atoms with Crippen molar-refractivity contribution >= 4 is 34.8 Å². The first-order valence-corrected chi connectivity index (χ1v) is 5.79. The Hall–Kier alpha value is 0.0500. The van der Waals surface area contributed by atoms with E-state index in [0.29, 0.717) is 12.8 Å². The van der Waals surface area contributed by atoms with Crippen molar-refractivity contribution in [1.29, 1.82) is 0 Å². The van der Waals surface area contributed by atoms with Gasteiger partial charge in [-0.05, 0) is 25.3 Å². The van der Waals surface area contributed by atoms with E-state index in [0.717, 1.165) is 5.56 Å². The van der Waals surface area contributed by atoms with Crippen LogP contribution in [0.15, 0.2) is 30.3 Å². The van der Waals surface area contributed by atoms with Crippen LogP contribution in [0.2, 0.25) is 0 Å². The van der Waals surface area contributed by atoms with Gasteiger partial charge >= 0.3 is 0 Å². The standard InChI is InChI=1S/C11H13Cl3O/c1-10(15,11(12,13)14)8-7-9-5-3-2-4-6-9/h2-6,15H,7-8H2,1H3. The SMILES string of the molecule is CC(O)(CCc1ccccc1)C(Cl)(Cl)Cl. The number of rotatable bonds is 3. The lowest BCUT2D eigenvalue weighted by atomic mass is 9.98. The van der Waals surface area contributed by atoms with Crippen molar-refractivity contribution in [2.75, 3.05) is 0 Å². The fourth-order valence-electron chi connectivity index (χ4n) is 1.17. The predicted molar refractivity (Wildman–Crippen MR) is 65.7 cm³/mol. The van der Waals surface area contributed by atoms with E-state index in [2.05, 4.69) is 0 Å². The summed E-state index contributed by atoms with van der Waals surface area (Å²) in [6.45, 7) is 1.53. The summed E-state index contributed by atoms with van der Waals surface area (Å²) in [7, 11) is 0. The Labute approximate surface area is 105 Å². The molecule has 1 unspecified atom stereocenters. The van der Waals surface area contributed by atoms with E-state index in [-0.39, 0.29) is 0 Å². The van der Waals surface area contributed by atoms with E-state index in [1.54, 1.807) is 0 Å². The van der Waals surface area contributed by atoms with Crippen LogP contribution in [0.1, 0.15) is 18.9 Å². The van der Waals surface area contributed by atoms with Gasteiger partial charge in [0.05, 0.1) is 0 Å². The Bertz CT molecular complexity index is 303. The summed E-state index contributed by atoms with van der Waals surface area (Å²) in [6, 6.07) is 9.79. The molecule has 1 nitrogen and oxygen atoms in total. The molecule has 15 heavy (non-hydrogen) atoms. The third-order valence-electron chi connectivity index (χ3n) is 2.35. The largest absolute Gasteiger partial charge is 0.386 e. The van der Waals surface area contributed by atoms with Gasteiger partial charge in [0.25, 0.3) is 0 Å². The normalized spacial score (nSPS) is 16.1. The molecule has 0 radical (unpaired) electrons. The van der Waals surface area contributed by atoms with Gasteiger partial charge in [-0.2, -0.15) is 0 Å². The van der Waals surface area contributed by atoms with Crippen molar-refractivity contribution in [2.45, 2.75) is 29.2 Å². The first kappa shape index (κ1) is 13.1. The number of halogens is 3. The number of benzene rings is 1. The summed E-state index contributed by atoms with van der Waals surface area (Å²) < 4.78 is -1.65. The summed E-state index contributed by atoms with van der Waals surface area (Å²) in [5.41, 5.74) is -0.194. The lowest BCUT2D eigenvalue weighted by molar-refractivity contribution is 0.0551. The van der Waals surface area contributed by atoms with Crippen molar-refractivity contribution < 1.29 is 5.11 Å². The van der Waals surface area contributed by atoms with Gasteiger partial charge in [-0.3, -0.25) is 0 Å². The minimum Gasteiger partial charge on any atom is -0.386 e. The molecule has 0 spiro atoms. The van der Waals surface area contributed by atoms with E-state index in [9.17, 15) is 5.11 Å². The number of alkyl halides is 3. The van der Waals surface area contributed by atoms with Gasteiger partial charge in [0.2, 0.25) is 3.79 Å². The summed E-state index contributed by atoms with van der Waals surface area (Å²) in [5.74, 6) is 0. The van der Waals surface area contributed by atoms with Crippen LogP contribution in [0, 0.1) is 0 Å². The molecule has 0 aliphatic rings. The van der Waals surface area contributed by atoms with Crippen LogP contribution in [-0.2, 0) is 6.42 Å². The summed E-state index contributed by atoms with van der Waals surface area (Å²) >= 11 is 17.0. The summed E-state index contributed by atoms with van der Waals surface area (Å²) in [6.07, 6.45) is 1.09. The fourth-order valence-corrected chi connectivity index (χ4v) is 1.46. The molecule has 0 fully saturated rings. The maximum absolute atomic E-state index is 9.92. The fraction of sp³-hybridized carbons (Fsp3) is 0.455. The van der Waals surface area contributed by atoms with E-state index in [1.165, 1.54) is 6.92 Å². The van der Waals surface area contributed by atoms with Crippen LogP contribution < -0.4 is 0 Å². The Balaban J connectivity index is 2.58. The van der Waals surface area contributed by atoms with Gasteiger partial charge in [0.1, 0.15) is 5.60 Å². The zero-order valence-electron chi connectivity index (χ0n) is 8.38. The first-order valence-electron chi connectivity index (χ1n) is 4.66. The molecule has 1 aromatic rings. The second-order valence-corrected chi connectivity index (χ2v) is 6.04. The number of hydrogen-bond acceptors (Lipinski definition) is 1. The molecule has 0 aliphatic carbocycles. The molecule has 0 aliphatic heterocycles. The van der Waals surface area contributed by atoms with Crippen molar-refractivity contribution in [1.82, 2.24) is 0 Å². The smallest absolute Gasteiger partial charge is 0.218 e. The molecule has 0 heterocycles. The first-order chi connectivity index (χ1) is 6.83. The second-order valence-electron chi connectivity index (χ2n) is 3.76. The third-order valence-corrected chi connectivity index (χ3v) is 3.58. The van der Waals surface area contributed by atoms with Crippen molar-refractivity contribution in [2.24, 2.45) is 0 Å².